The third-order valence-electron chi connectivity index (χ3n) is 4.10. The highest BCUT2D eigenvalue weighted by Gasteiger charge is 2.29. The Morgan fingerprint density at radius 1 is 1.00 bits per heavy atom. The molecule has 1 aliphatic rings. The van der Waals surface area contributed by atoms with Gasteiger partial charge in [0.15, 0.2) is 6.10 Å². The number of hydrogen-bond donors (Lipinski definition) is 0. The van der Waals surface area contributed by atoms with E-state index in [9.17, 15) is 9.59 Å². The summed E-state index contributed by atoms with van der Waals surface area (Å²) in [6.07, 6.45) is -0.290. The Morgan fingerprint density at radius 3 is 2.08 bits per heavy atom. The van der Waals surface area contributed by atoms with Crippen LogP contribution in [0, 0.1) is 0 Å². The lowest BCUT2D eigenvalue weighted by Gasteiger charge is -2.35. The van der Waals surface area contributed by atoms with Crippen LogP contribution in [0.2, 0.25) is 0 Å². The minimum Gasteiger partial charge on any atom is -0.497 e. The first-order valence-electron chi connectivity index (χ1n) is 8.60. The lowest BCUT2D eigenvalue weighted by Crippen LogP contribution is -2.53. The van der Waals surface area contributed by atoms with Crippen LogP contribution in [-0.4, -0.2) is 67.8 Å². The molecule has 1 aromatic carbocycles. The van der Waals surface area contributed by atoms with Crippen molar-refractivity contribution in [2.75, 3.05) is 39.9 Å². The highest BCUT2D eigenvalue weighted by molar-refractivity contribution is 5.81. The number of benzene rings is 1. The summed E-state index contributed by atoms with van der Waals surface area (Å²) in [5.41, 5.74) is 0. The second-order valence-corrected chi connectivity index (χ2v) is 5.70. The predicted octanol–water partition coefficient (Wildman–Crippen LogP) is 2.15. The average molecular weight is 350 g/mol. The molecule has 1 aromatic rings. The zero-order valence-corrected chi connectivity index (χ0v) is 15.1. The van der Waals surface area contributed by atoms with Gasteiger partial charge in [-0.2, -0.15) is 0 Å². The number of carbonyl (C=O) groups excluding carboxylic acids is 2. The molecule has 25 heavy (non-hydrogen) atoms. The molecule has 0 aliphatic carbocycles. The van der Waals surface area contributed by atoms with E-state index in [4.69, 9.17) is 14.2 Å². The fraction of sp³-hybridized carbons (Fsp3) is 0.556. The Bertz CT molecular complexity index is 567. The first-order chi connectivity index (χ1) is 12.1. The number of nitrogens with zero attached hydrogens (tertiary/aromatic N) is 2. The smallest absolute Gasteiger partial charge is 0.409 e. The molecule has 1 fully saturated rings. The fourth-order valence-electron chi connectivity index (χ4n) is 2.65. The topological polar surface area (TPSA) is 68.3 Å². The summed E-state index contributed by atoms with van der Waals surface area (Å²) in [5, 5.41) is 0. The van der Waals surface area contributed by atoms with E-state index in [0.717, 1.165) is 5.75 Å². The van der Waals surface area contributed by atoms with Crippen LogP contribution in [0.5, 0.6) is 11.5 Å². The Kier molecular flexibility index (Phi) is 6.91. The molecule has 0 radical (unpaired) electrons. The Morgan fingerprint density at radius 2 is 1.56 bits per heavy atom. The molecule has 1 atom stereocenters. The molecule has 1 saturated heterocycles. The van der Waals surface area contributed by atoms with Crippen LogP contribution >= 0.6 is 0 Å². The van der Waals surface area contributed by atoms with Crippen LogP contribution in [0.3, 0.4) is 0 Å². The van der Waals surface area contributed by atoms with Gasteiger partial charge >= 0.3 is 6.09 Å². The van der Waals surface area contributed by atoms with Gasteiger partial charge in [-0.3, -0.25) is 4.79 Å². The molecule has 0 unspecified atom stereocenters. The van der Waals surface area contributed by atoms with Crippen molar-refractivity contribution in [2.24, 2.45) is 0 Å². The Labute approximate surface area is 148 Å². The molecule has 2 amide bonds. The number of amides is 2. The maximum Gasteiger partial charge on any atom is 0.409 e. The molecule has 0 bridgehead atoms. The summed E-state index contributed by atoms with van der Waals surface area (Å²) in [7, 11) is 1.60. The Hall–Kier alpha value is -2.44. The second-order valence-electron chi connectivity index (χ2n) is 5.70. The first-order valence-corrected chi connectivity index (χ1v) is 8.60. The third-order valence-corrected chi connectivity index (χ3v) is 4.10. The van der Waals surface area contributed by atoms with Gasteiger partial charge in [0.1, 0.15) is 11.5 Å². The monoisotopic (exact) mass is 350 g/mol. The van der Waals surface area contributed by atoms with E-state index in [1.807, 2.05) is 6.92 Å². The number of methoxy groups -OCH3 is 1. The quantitative estimate of drug-likeness (QED) is 0.786. The number of ether oxygens (including phenoxy) is 3. The van der Waals surface area contributed by atoms with Crippen LogP contribution in [0.15, 0.2) is 24.3 Å². The minimum absolute atomic E-state index is 0.0539. The van der Waals surface area contributed by atoms with Crippen molar-refractivity contribution in [1.29, 1.82) is 0 Å². The van der Waals surface area contributed by atoms with Crippen molar-refractivity contribution in [1.82, 2.24) is 9.80 Å². The molecule has 1 heterocycles. The van der Waals surface area contributed by atoms with Crippen molar-refractivity contribution in [3.63, 3.8) is 0 Å². The molecular weight excluding hydrogens is 324 g/mol. The second kappa shape index (κ2) is 9.15. The molecule has 1 aliphatic heterocycles. The van der Waals surface area contributed by atoms with Gasteiger partial charge in [-0.1, -0.05) is 6.92 Å². The fourth-order valence-corrected chi connectivity index (χ4v) is 2.65. The third kappa shape index (κ3) is 5.01. The van der Waals surface area contributed by atoms with Crippen molar-refractivity contribution in [2.45, 2.75) is 26.4 Å². The number of piperazine rings is 1. The normalized spacial score (nSPS) is 15.5. The van der Waals surface area contributed by atoms with E-state index in [2.05, 4.69) is 0 Å². The van der Waals surface area contributed by atoms with Gasteiger partial charge in [0.2, 0.25) is 0 Å². The van der Waals surface area contributed by atoms with Gasteiger partial charge in [0, 0.05) is 26.2 Å². The van der Waals surface area contributed by atoms with Crippen LogP contribution < -0.4 is 9.47 Å². The van der Waals surface area contributed by atoms with Gasteiger partial charge in [-0.05, 0) is 37.6 Å². The molecule has 0 spiro atoms. The van der Waals surface area contributed by atoms with Gasteiger partial charge < -0.3 is 24.0 Å². The Balaban J connectivity index is 1.90. The summed E-state index contributed by atoms with van der Waals surface area (Å²) in [5.74, 6) is 1.31. The van der Waals surface area contributed by atoms with E-state index < -0.39 is 6.10 Å². The summed E-state index contributed by atoms with van der Waals surface area (Å²) < 4.78 is 15.9. The molecule has 2 rings (SSSR count). The van der Waals surface area contributed by atoms with Gasteiger partial charge in [-0.15, -0.1) is 0 Å². The van der Waals surface area contributed by atoms with Crippen LogP contribution in [0.1, 0.15) is 20.3 Å². The molecule has 7 nitrogen and oxygen atoms in total. The van der Waals surface area contributed by atoms with Crippen molar-refractivity contribution >= 4 is 12.0 Å². The van der Waals surface area contributed by atoms with E-state index in [-0.39, 0.29) is 12.0 Å². The lowest BCUT2D eigenvalue weighted by molar-refractivity contribution is -0.140. The van der Waals surface area contributed by atoms with E-state index in [1.54, 1.807) is 48.1 Å². The largest absolute Gasteiger partial charge is 0.497 e. The van der Waals surface area contributed by atoms with Crippen molar-refractivity contribution < 1.29 is 23.8 Å². The van der Waals surface area contributed by atoms with E-state index in [0.29, 0.717) is 45.0 Å². The van der Waals surface area contributed by atoms with Crippen LogP contribution in [-0.2, 0) is 9.53 Å². The molecular formula is C18H26N2O5. The molecule has 138 valence electrons. The first kappa shape index (κ1) is 18.9. The van der Waals surface area contributed by atoms with Crippen molar-refractivity contribution in [3.8, 4) is 11.5 Å². The van der Waals surface area contributed by atoms with Gasteiger partial charge in [-0.25, -0.2) is 4.79 Å². The molecule has 0 N–H and O–H groups in total. The maximum atomic E-state index is 12.7. The van der Waals surface area contributed by atoms with E-state index >= 15 is 0 Å². The summed E-state index contributed by atoms with van der Waals surface area (Å²) in [6.45, 7) is 5.97. The number of hydrogen-bond acceptors (Lipinski definition) is 5. The summed E-state index contributed by atoms with van der Waals surface area (Å²) in [4.78, 5) is 27.8. The SMILES string of the molecule is CCOC(=O)N1CCN(C(=O)[C@@H](CC)Oc2ccc(OC)cc2)CC1. The van der Waals surface area contributed by atoms with Crippen LogP contribution in [0.4, 0.5) is 4.79 Å². The van der Waals surface area contributed by atoms with Crippen LogP contribution in [0.25, 0.3) is 0 Å². The number of rotatable bonds is 6. The number of carbonyl (C=O) groups is 2. The summed E-state index contributed by atoms with van der Waals surface area (Å²) >= 11 is 0. The predicted molar refractivity (Wildman–Crippen MR) is 92.9 cm³/mol. The zero-order chi connectivity index (χ0) is 18.2. The van der Waals surface area contributed by atoms with Gasteiger partial charge in [0.25, 0.3) is 5.91 Å². The highest BCUT2D eigenvalue weighted by atomic mass is 16.6. The van der Waals surface area contributed by atoms with Gasteiger partial charge in [0.05, 0.1) is 13.7 Å². The standard InChI is InChI=1S/C18H26N2O5/c1-4-16(25-15-8-6-14(23-3)7-9-15)17(21)19-10-12-20(13-11-19)18(22)24-5-2/h6-9,16H,4-5,10-13H2,1-3H3/t16-/m1/s1. The van der Waals surface area contributed by atoms with E-state index in [1.165, 1.54) is 0 Å². The highest BCUT2D eigenvalue weighted by Crippen LogP contribution is 2.20. The molecule has 7 heteroatoms. The molecule has 0 saturated carbocycles. The average Bonchev–Trinajstić information content (AvgIpc) is 2.66. The zero-order valence-electron chi connectivity index (χ0n) is 15.1. The van der Waals surface area contributed by atoms with Crippen molar-refractivity contribution in [3.05, 3.63) is 24.3 Å². The minimum atomic E-state index is -0.539. The maximum absolute atomic E-state index is 12.7. The summed E-state index contributed by atoms with van der Waals surface area (Å²) in [6, 6.07) is 7.16. The lowest BCUT2D eigenvalue weighted by atomic mass is 10.2. The molecule has 0 aromatic heterocycles.